The molecule has 1 unspecified atom stereocenters. The van der Waals surface area contributed by atoms with Crippen molar-refractivity contribution in [2.45, 2.75) is 31.8 Å². The van der Waals surface area contributed by atoms with Gasteiger partial charge in [-0.2, -0.15) is 0 Å². The van der Waals surface area contributed by atoms with Gasteiger partial charge in [-0.15, -0.1) is 0 Å². The highest BCUT2D eigenvalue weighted by molar-refractivity contribution is 5.76. The quantitative estimate of drug-likeness (QED) is 0.650. The number of rotatable bonds is 4. The van der Waals surface area contributed by atoms with Crippen LogP contribution in [0.4, 0.5) is 0 Å². The molecule has 1 fully saturated rings. The van der Waals surface area contributed by atoms with Gasteiger partial charge in [-0.3, -0.25) is 4.79 Å². The first kappa shape index (κ1) is 10.5. The largest absolute Gasteiger partial charge is 0.376 e. The summed E-state index contributed by atoms with van der Waals surface area (Å²) in [4.78, 5) is 11.0. The van der Waals surface area contributed by atoms with Gasteiger partial charge in [0.15, 0.2) is 0 Å². The van der Waals surface area contributed by atoms with E-state index in [1.807, 2.05) is 0 Å². The molecule has 1 aliphatic rings. The van der Waals surface area contributed by atoms with Gasteiger partial charge in [0.2, 0.25) is 5.91 Å². The molecule has 0 aliphatic carbocycles. The predicted octanol–water partition coefficient (Wildman–Crippen LogP) is 0.0205. The first-order chi connectivity index (χ1) is 6.33. The van der Waals surface area contributed by atoms with Gasteiger partial charge in [-0.05, 0) is 19.3 Å². The highest BCUT2D eigenvalue weighted by atomic mass is 16.5. The molecule has 1 heterocycles. The topological polar surface area (TPSA) is 64.4 Å². The molecular weight excluding hydrogens is 168 g/mol. The van der Waals surface area contributed by atoms with E-state index in [9.17, 15) is 4.79 Å². The molecule has 1 aliphatic heterocycles. The Hall–Kier alpha value is -0.610. The summed E-state index contributed by atoms with van der Waals surface area (Å²) >= 11 is 0. The minimum atomic E-state index is 0.0247. The minimum absolute atomic E-state index is 0.0247. The summed E-state index contributed by atoms with van der Waals surface area (Å²) in [5, 5.41) is 2.81. The maximum atomic E-state index is 11.0. The zero-order chi connectivity index (χ0) is 9.52. The summed E-state index contributed by atoms with van der Waals surface area (Å²) in [6.07, 6.45) is 4.04. The Morgan fingerprint density at radius 1 is 1.54 bits per heavy atom. The molecule has 0 radical (unpaired) electrons. The molecule has 0 aromatic rings. The molecule has 1 rings (SSSR count). The van der Waals surface area contributed by atoms with Crippen molar-refractivity contribution in [1.29, 1.82) is 0 Å². The van der Waals surface area contributed by atoms with Crippen LogP contribution in [-0.4, -0.2) is 31.7 Å². The maximum absolute atomic E-state index is 11.0. The van der Waals surface area contributed by atoms with E-state index in [0.717, 1.165) is 19.4 Å². The molecule has 4 nitrogen and oxygen atoms in total. The fourth-order valence-electron chi connectivity index (χ4n) is 1.42. The smallest absolute Gasteiger partial charge is 0.221 e. The Labute approximate surface area is 78.8 Å². The van der Waals surface area contributed by atoms with Gasteiger partial charge in [0.1, 0.15) is 0 Å². The van der Waals surface area contributed by atoms with Crippen LogP contribution in [0.1, 0.15) is 25.7 Å². The molecule has 1 saturated heterocycles. The van der Waals surface area contributed by atoms with E-state index in [4.69, 9.17) is 10.5 Å². The molecule has 3 N–H and O–H groups in total. The third-order valence-corrected chi connectivity index (χ3v) is 2.17. The van der Waals surface area contributed by atoms with E-state index >= 15 is 0 Å². The van der Waals surface area contributed by atoms with Gasteiger partial charge < -0.3 is 15.8 Å². The lowest BCUT2D eigenvalue weighted by Crippen LogP contribution is -2.36. The third kappa shape index (κ3) is 4.24. The van der Waals surface area contributed by atoms with Crippen molar-refractivity contribution in [3.05, 3.63) is 0 Å². The Balaban J connectivity index is 2.06. The van der Waals surface area contributed by atoms with Crippen LogP contribution >= 0.6 is 0 Å². The van der Waals surface area contributed by atoms with E-state index < -0.39 is 0 Å². The molecule has 4 heteroatoms. The van der Waals surface area contributed by atoms with E-state index in [1.165, 1.54) is 6.42 Å². The Bertz CT molecular complexity index is 156. The van der Waals surface area contributed by atoms with Gasteiger partial charge in [0.05, 0.1) is 6.10 Å². The normalized spacial score (nSPS) is 22.7. The second kappa shape index (κ2) is 5.94. The third-order valence-electron chi connectivity index (χ3n) is 2.17. The van der Waals surface area contributed by atoms with Crippen molar-refractivity contribution < 1.29 is 9.53 Å². The first-order valence-corrected chi connectivity index (χ1v) is 4.91. The van der Waals surface area contributed by atoms with Crippen LogP contribution in [-0.2, 0) is 9.53 Å². The van der Waals surface area contributed by atoms with E-state index in [1.54, 1.807) is 0 Å². The zero-order valence-electron chi connectivity index (χ0n) is 7.92. The lowest BCUT2D eigenvalue weighted by molar-refractivity contribution is -0.121. The summed E-state index contributed by atoms with van der Waals surface area (Å²) in [7, 11) is 0. The monoisotopic (exact) mass is 186 g/mol. The number of carbonyl (C=O) groups is 1. The number of hydrogen-bond donors (Lipinski definition) is 2. The average molecular weight is 186 g/mol. The SMILES string of the molecule is NCCC(=O)NCC1CCCCO1. The van der Waals surface area contributed by atoms with Gasteiger partial charge in [0.25, 0.3) is 0 Å². The molecule has 0 bridgehead atoms. The first-order valence-electron chi connectivity index (χ1n) is 4.91. The fourth-order valence-corrected chi connectivity index (χ4v) is 1.42. The van der Waals surface area contributed by atoms with Crippen molar-refractivity contribution in [2.24, 2.45) is 5.73 Å². The summed E-state index contributed by atoms with van der Waals surface area (Å²) in [6, 6.07) is 0. The maximum Gasteiger partial charge on any atom is 0.221 e. The molecule has 0 aromatic carbocycles. The van der Waals surface area contributed by atoms with Gasteiger partial charge in [-0.25, -0.2) is 0 Å². The van der Waals surface area contributed by atoms with Crippen molar-refractivity contribution >= 4 is 5.91 Å². The standard InChI is InChI=1S/C9H18N2O2/c10-5-4-9(12)11-7-8-3-1-2-6-13-8/h8H,1-7,10H2,(H,11,12). The number of nitrogens with two attached hydrogens (primary N) is 1. The van der Waals surface area contributed by atoms with Crippen molar-refractivity contribution in [2.75, 3.05) is 19.7 Å². The van der Waals surface area contributed by atoms with Crippen LogP contribution in [0, 0.1) is 0 Å². The zero-order valence-corrected chi connectivity index (χ0v) is 7.92. The summed E-state index contributed by atoms with van der Waals surface area (Å²) < 4.78 is 5.46. The predicted molar refractivity (Wildman–Crippen MR) is 50.3 cm³/mol. The highest BCUT2D eigenvalue weighted by Crippen LogP contribution is 2.11. The molecular formula is C9H18N2O2. The van der Waals surface area contributed by atoms with Crippen LogP contribution in [0.5, 0.6) is 0 Å². The van der Waals surface area contributed by atoms with Crippen LogP contribution in [0.15, 0.2) is 0 Å². The second-order valence-electron chi connectivity index (χ2n) is 3.33. The average Bonchev–Trinajstić information content (AvgIpc) is 2.17. The van der Waals surface area contributed by atoms with Crippen LogP contribution in [0.2, 0.25) is 0 Å². The summed E-state index contributed by atoms with van der Waals surface area (Å²) in [5.74, 6) is 0.0247. The van der Waals surface area contributed by atoms with Crippen LogP contribution in [0.3, 0.4) is 0 Å². The molecule has 13 heavy (non-hydrogen) atoms. The van der Waals surface area contributed by atoms with E-state index in [2.05, 4.69) is 5.32 Å². The molecule has 0 spiro atoms. The fraction of sp³-hybridized carbons (Fsp3) is 0.889. The number of ether oxygens (including phenoxy) is 1. The second-order valence-corrected chi connectivity index (χ2v) is 3.33. The highest BCUT2D eigenvalue weighted by Gasteiger charge is 2.13. The molecule has 0 saturated carbocycles. The molecule has 0 aromatic heterocycles. The van der Waals surface area contributed by atoms with Crippen molar-refractivity contribution in [1.82, 2.24) is 5.32 Å². The lowest BCUT2D eigenvalue weighted by Gasteiger charge is -2.22. The summed E-state index contributed by atoms with van der Waals surface area (Å²) in [5.41, 5.74) is 5.25. The number of hydrogen-bond acceptors (Lipinski definition) is 3. The van der Waals surface area contributed by atoms with Crippen LogP contribution in [0.25, 0.3) is 0 Å². The minimum Gasteiger partial charge on any atom is -0.376 e. The van der Waals surface area contributed by atoms with E-state index in [-0.39, 0.29) is 12.0 Å². The Morgan fingerprint density at radius 3 is 3.00 bits per heavy atom. The van der Waals surface area contributed by atoms with Gasteiger partial charge >= 0.3 is 0 Å². The number of amides is 1. The number of nitrogens with one attached hydrogen (secondary N) is 1. The lowest BCUT2D eigenvalue weighted by atomic mass is 10.1. The molecule has 1 atom stereocenters. The van der Waals surface area contributed by atoms with Crippen molar-refractivity contribution in [3.63, 3.8) is 0 Å². The Kier molecular flexibility index (Phi) is 4.78. The molecule has 1 amide bonds. The number of carbonyl (C=O) groups excluding carboxylic acids is 1. The summed E-state index contributed by atoms with van der Waals surface area (Å²) in [6.45, 7) is 1.88. The van der Waals surface area contributed by atoms with Crippen LogP contribution < -0.4 is 11.1 Å². The van der Waals surface area contributed by atoms with E-state index in [0.29, 0.717) is 19.5 Å². The van der Waals surface area contributed by atoms with Gasteiger partial charge in [-0.1, -0.05) is 0 Å². The Morgan fingerprint density at radius 2 is 2.38 bits per heavy atom. The molecule has 76 valence electrons. The van der Waals surface area contributed by atoms with Gasteiger partial charge in [0, 0.05) is 26.1 Å². The van der Waals surface area contributed by atoms with Crippen molar-refractivity contribution in [3.8, 4) is 0 Å².